The van der Waals surface area contributed by atoms with Crippen molar-refractivity contribution in [3.05, 3.63) is 23.3 Å². The van der Waals surface area contributed by atoms with E-state index in [1.807, 2.05) is 12.1 Å². The summed E-state index contributed by atoms with van der Waals surface area (Å²) in [5.74, 6) is 0.809. The highest BCUT2D eigenvalue weighted by atomic mass is 16.5. The van der Waals surface area contributed by atoms with Crippen LogP contribution in [0.15, 0.2) is 12.1 Å². The molecule has 0 unspecified atom stereocenters. The first kappa shape index (κ1) is 10.3. The number of rotatable bonds is 1. The number of hydrogen-bond donors (Lipinski definition) is 1. The van der Waals surface area contributed by atoms with Gasteiger partial charge in [0, 0.05) is 12.6 Å². The molecule has 82 valence electrons. The van der Waals surface area contributed by atoms with Crippen LogP contribution in [0.5, 0.6) is 11.5 Å². The van der Waals surface area contributed by atoms with Gasteiger partial charge in [0.1, 0.15) is 0 Å². The molecule has 1 aliphatic heterocycles. The number of fused-ring (bicyclic) bond motifs is 1. The van der Waals surface area contributed by atoms with Gasteiger partial charge in [-0.2, -0.15) is 0 Å². The van der Waals surface area contributed by atoms with E-state index in [-0.39, 0.29) is 5.75 Å². The van der Waals surface area contributed by atoms with E-state index in [0.29, 0.717) is 11.8 Å². The van der Waals surface area contributed by atoms with E-state index in [4.69, 9.17) is 4.74 Å². The lowest BCUT2D eigenvalue weighted by Crippen LogP contribution is -2.30. The van der Waals surface area contributed by atoms with Crippen molar-refractivity contribution in [1.29, 1.82) is 0 Å². The van der Waals surface area contributed by atoms with Crippen LogP contribution in [0.1, 0.15) is 24.1 Å². The topological polar surface area (TPSA) is 32.7 Å². The molecule has 0 saturated carbocycles. The average Bonchev–Trinajstić information content (AvgIpc) is 2.23. The van der Waals surface area contributed by atoms with E-state index in [9.17, 15) is 5.11 Å². The number of phenolic OH excluding ortho intramolecular Hbond substituents is 1. The van der Waals surface area contributed by atoms with Gasteiger partial charge < -0.3 is 9.84 Å². The number of hydrogen-bond acceptors (Lipinski definition) is 3. The van der Waals surface area contributed by atoms with Crippen molar-refractivity contribution in [2.75, 3.05) is 20.7 Å². The van der Waals surface area contributed by atoms with Gasteiger partial charge in [0.25, 0.3) is 0 Å². The lowest BCUT2D eigenvalue weighted by Gasteiger charge is -2.32. The first-order valence-electron chi connectivity index (χ1n) is 5.23. The molecule has 0 fully saturated rings. The number of methoxy groups -OCH3 is 1. The van der Waals surface area contributed by atoms with Crippen LogP contribution in [-0.4, -0.2) is 30.7 Å². The molecule has 0 aliphatic carbocycles. The van der Waals surface area contributed by atoms with Crippen LogP contribution >= 0.6 is 0 Å². The van der Waals surface area contributed by atoms with Crippen LogP contribution in [0.4, 0.5) is 0 Å². The number of aromatic hydroxyl groups is 1. The minimum Gasteiger partial charge on any atom is -0.504 e. The minimum atomic E-state index is 0.244. The van der Waals surface area contributed by atoms with Crippen molar-refractivity contribution in [1.82, 2.24) is 4.90 Å². The fourth-order valence-corrected chi connectivity index (χ4v) is 2.12. The van der Waals surface area contributed by atoms with Gasteiger partial charge in [0.15, 0.2) is 11.5 Å². The Balaban J connectivity index is 2.48. The molecule has 15 heavy (non-hydrogen) atoms. The van der Waals surface area contributed by atoms with Crippen LogP contribution in [-0.2, 0) is 6.42 Å². The summed E-state index contributed by atoms with van der Waals surface area (Å²) in [4.78, 5) is 2.30. The SMILES string of the molecule is COc1cc2c(cc1O)CCN(C)[C@@H]2C. The molecule has 0 radical (unpaired) electrons. The maximum atomic E-state index is 9.68. The molecule has 0 spiro atoms. The molecular weight excluding hydrogens is 190 g/mol. The van der Waals surface area contributed by atoms with Crippen LogP contribution in [0.2, 0.25) is 0 Å². The second kappa shape index (κ2) is 3.74. The van der Waals surface area contributed by atoms with Gasteiger partial charge in [-0.25, -0.2) is 0 Å². The van der Waals surface area contributed by atoms with Crippen molar-refractivity contribution in [2.24, 2.45) is 0 Å². The fraction of sp³-hybridized carbons (Fsp3) is 0.500. The summed E-state index contributed by atoms with van der Waals surface area (Å²) in [5, 5.41) is 9.68. The Morgan fingerprint density at radius 1 is 1.47 bits per heavy atom. The number of phenols is 1. The van der Waals surface area contributed by atoms with Crippen molar-refractivity contribution >= 4 is 0 Å². The molecule has 0 bridgehead atoms. The average molecular weight is 207 g/mol. The van der Waals surface area contributed by atoms with Gasteiger partial charge in [0.05, 0.1) is 7.11 Å². The first-order chi connectivity index (χ1) is 7.13. The maximum absolute atomic E-state index is 9.68. The van der Waals surface area contributed by atoms with Crippen LogP contribution < -0.4 is 4.74 Å². The largest absolute Gasteiger partial charge is 0.504 e. The third-order valence-electron chi connectivity index (χ3n) is 3.29. The number of nitrogens with zero attached hydrogens (tertiary/aromatic N) is 1. The molecule has 0 aromatic heterocycles. The Morgan fingerprint density at radius 2 is 2.20 bits per heavy atom. The summed E-state index contributed by atoms with van der Waals surface area (Å²) in [6.45, 7) is 3.22. The molecule has 1 aliphatic rings. The van der Waals surface area contributed by atoms with E-state index in [1.54, 1.807) is 7.11 Å². The van der Waals surface area contributed by atoms with Crippen molar-refractivity contribution < 1.29 is 9.84 Å². The number of likely N-dealkylation sites (N-methyl/N-ethyl adjacent to an activating group) is 1. The summed E-state index contributed by atoms with van der Waals surface area (Å²) >= 11 is 0. The molecular formula is C12H17NO2. The van der Waals surface area contributed by atoms with E-state index in [0.717, 1.165) is 13.0 Å². The van der Waals surface area contributed by atoms with Crippen molar-refractivity contribution in [3.63, 3.8) is 0 Å². The Hall–Kier alpha value is -1.22. The molecule has 2 rings (SSSR count). The first-order valence-corrected chi connectivity index (χ1v) is 5.23. The Morgan fingerprint density at radius 3 is 2.87 bits per heavy atom. The van der Waals surface area contributed by atoms with Gasteiger partial charge in [0.2, 0.25) is 0 Å². The van der Waals surface area contributed by atoms with Crippen molar-refractivity contribution in [3.8, 4) is 11.5 Å². The Labute approximate surface area is 90.3 Å². The molecule has 1 atom stereocenters. The smallest absolute Gasteiger partial charge is 0.160 e. The summed E-state index contributed by atoms with van der Waals surface area (Å²) in [5.41, 5.74) is 2.50. The van der Waals surface area contributed by atoms with Crippen LogP contribution in [0.3, 0.4) is 0 Å². The van der Waals surface area contributed by atoms with E-state index >= 15 is 0 Å². The molecule has 1 N–H and O–H groups in total. The Bertz CT molecular complexity index is 376. The predicted octanol–water partition coefficient (Wildman–Crippen LogP) is 1.95. The molecule has 1 aromatic rings. The monoisotopic (exact) mass is 207 g/mol. The normalized spacial score (nSPS) is 21.1. The summed E-state index contributed by atoms with van der Waals surface area (Å²) < 4.78 is 5.13. The maximum Gasteiger partial charge on any atom is 0.160 e. The molecule has 0 amide bonds. The van der Waals surface area contributed by atoms with Gasteiger partial charge >= 0.3 is 0 Å². The van der Waals surface area contributed by atoms with Crippen LogP contribution in [0.25, 0.3) is 0 Å². The zero-order valence-electron chi connectivity index (χ0n) is 9.45. The highest BCUT2D eigenvalue weighted by molar-refractivity contribution is 5.48. The van der Waals surface area contributed by atoms with Gasteiger partial charge in [-0.1, -0.05) is 0 Å². The minimum absolute atomic E-state index is 0.244. The fourth-order valence-electron chi connectivity index (χ4n) is 2.12. The zero-order valence-corrected chi connectivity index (χ0v) is 9.45. The molecule has 0 saturated heterocycles. The summed E-state index contributed by atoms with van der Waals surface area (Å²) in [7, 11) is 3.70. The van der Waals surface area contributed by atoms with E-state index in [2.05, 4.69) is 18.9 Å². The van der Waals surface area contributed by atoms with Crippen molar-refractivity contribution in [2.45, 2.75) is 19.4 Å². The Kier molecular flexibility index (Phi) is 2.57. The predicted molar refractivity (Wildman–Crippen MR) is 59.4 cm³/mol. The number of benzene rings is 1. The summed E-state index contributed by atoms with van der Waals surface area (Å²) in [6, 6.07) is 4.17. The highest BCUT2D eigenvalue weighted by Crippen LogP contribution is 2.36. The molecule has 1 aromatic carbocycles. The second-order valence-electron chi connectivity index (χ2n) is 4.13. The number of ether oxygens (including phenoxy) is 1. The molecule has 3 nitrogen and oxygen atoms in total. The third-order valence-corrected chi connectivity index (χ3v) is 3.29. The summed E-state index contributed by atoms with van der Waals surface area (Å²) in [6.07, 6.45) is 0.994. The third kappa shape index (κ3) is 1.67. The van der Waals surface area contributed by atoms with Crippen LogP contribution in [0, 0.1) is 0 Å². The van der Waals surface area contributed by atoms with E-state index in [1.165, 1.54) is 11.1 Å². The molecule has 3 heteroatoms. The zero-order chi connectivity index (χ0) is 11.0. The lowest BCUT2D eigenvalue weighted by molar-refractivity contribution is 0.246. The van der Waals surface area contributed by atoms with Gasteiger partial charge in [-0.15, -0.1) is 0 Å². The van der Waals surface area contributed by atoms with Gasteiger partial charge in [-0.3, -0.25) is 4.90 Å². The quantitative estimate of drug-likeness (QED) is 0.764. The molecule has 1 heterocycles. The van der Waals surface area contributed by atoms with E-state index < -0.39 is 0 Å². The van der Waals surface area contributed by atoms with Gasteiger partial charge in [-0.05, 0) is 43.7 Å². The lowest BCUT2D eigenvalue weighted by atomic mass is 9.93. The standard InChI is InChI=1S/C12H17NO2/c1-8-10-7-12(15-3)11(14)6-9(10)4-5-13(8)2/h6-8,14H,4-5H2,1-3H3/t8-/m1/s1. The highest BCUT2D eigenvalue weighted by Gasteiger charge is 2.22. The second-order valence-corrected chi connectivity index (χ2v) is 4.13.